The fourth-order valence-corrected chi connectivity index (χ4v) is 3.35. The molecule has 2 rings (SSSR count). The van der Waals surface area contributed by atoms with E-state index in [1.54, 1.807) is 13.0 Å². The molecular weight excluding hydrogens is 264 g/mol. The monoisotopic (exact) mass is 290 g/mol. The van der Waals surface area contributed by atoms with Crippen LogP contribution in [-0.4, -0.2) is 11.5 Å². The first-order valence-electron chi connectivity index (χ1n) is 7.57. The highest BCUT2D eigenvalue weighted by Crippen LogP contribution is 2.68. The molecule has 0 saturated heterocycles. The van der Waals surface area contributed by atoms with Crippen molar-refractivity contribution in [2.45, 2.75) is 47.6 Å². The number of benzene rings is 1. The van der Waals surface area contributed by atoms with E-state index in [2.05, 4.69) is 39.9 Å². The molecule has 1 unspecified atom stereocenters. The Kier molecular flexibility index (Phi) is 3.87. The van der Waals surface area contributed by atoms with Crippen LogP contribution in [0, 0.1) is 33.8 Å². The largest absolute Gasteiger partial charge is 0.310 e. The Morgan fingerprint density at radius 1 is 1.29 bits per heavy atom. The topological polar surface area (TPSA) is 55.2 Å². The Balaban J connectivity index is 2.03. The molecule has 0 spiro atoms. The van der Waals surface area contributed by atoms with Crippen LogP contribution in [0.15, 0.2) is 18.2 Å². The zero-order valence-corrected chi connectivity index (χ0v) is 13.9. The molecular formula is C17H26N2O2. The van der Waals surface area contributed by atoms with Crippen LogP contribution in [0.3, 0.4) is 0 Å². The van der Waals surface area contributed by atoms with Gasteiger partial charge >= 0.3 is 0 Å². The summed E-state index contributed by atoms with van der Waals surface area (Å²) in [5.74, 6) is 0.646. The Morgan fingerprint density at radius 3 is 2.33 bits per heavy atom. The van der Waals surface area contributed by atoms with Crippen molar-refractivity contribution in [3.05, 3.63) is 39.4 Å². The van der Waals surface area contributed by atoms with Gasteiger partial charge in [0, 0.05) is 17.7 Å². The minimum absolute atomic E-state index is 0.122. The molecule has 0 radical (unpaired) electrons. The van der Waals surface area contributed by atoms with Crippen LogP contribution < -0.4 is 5.32 Å². The molecule has 4 heteroatoms. The van der Waals surface area contributed by atoms with Gasteiger partial charge in [0.1, 0.15) is 0 Å². The second-order valence-corrected chi connectivity index (χ2v) is 7.43. The van der Waals surface area contributed by atoms with Crippen molar-refractivity contribution in [3.8, 4) is 0 Å². The van der Waals surface area contributed by atoms with E-state index in [9.17, 15) is 10.1 Å². The van der Waals surface area contributed by atoms with Crippen molar-refractivity contribution in [3.63, 3.8) is 0 Å². The van der Waals surface area contributed by atoms with Gasteiger partial charge in [-0.2, -0.15) is 0 Å². The first-order chi connectivity index (χ1) is 9.59. The van der Waals surface area contributed by atoms with Crippen LogP contribution in [0.5, 0.6) is 0 Å². The summed E-state index contributed by atoms with van der Waals surface area (Å²) in [5, 5.41) is 14.6. The standard InChI is InChI=1S/C17H26N2O2/c1-11-7-8-13(9-14(11)19(20)21)12(2)18-10-15-16(3,4)17(15,5)6/h7-9,12,15,18H,10H2,1-6H3. The van der Waals surface area contributed by atoms with Gasteiger partial charge in [-0.15, -0.1) is 0 Å². The number of nitro benzene ring substituents is 1. The van der Waals surface area contributed by atoms with Crippen molar-refractivity contribution in [1.29, 1.82) is 0 Å². The quantitative estimate of drug-likeness (QED) is 0.652. The molecule has 1 saturated carbocycles. The lowest BCUT2D eigenvalue weighted by molar-refractivity contribution is -0.385. The molecule has 1 N–H and O–H groups in total. The molecule has 1 aliphatic carbocycles. The van der Waals surface area contributed by atoms with Crippen molar-refractivity contribution < 1.29 is 4.92 Å². The van der Waals surface area contributed by atoms with Gasteiger partial charge in [-0.3, -0.25) is 10.1 Å². The number of rotatable bonds is 5. The molecule has 1 atom stereocenters. The van der Waals surface area contributed by atoms with Crippen molar-refractivity contribution >= 4 is 5.69 Å². The second kappa shape index (κ2) is 5.09. The van der Waals surface area contributed by atoms with Crippen molar-refractivity contribution in [1.82, 2.24) is 5.32 Å². The van der Waals surface area contributed by atoms with Gasteiger partial charge in [0.15, 0.2) is 0 Å². The SMILES string of the molecule is Cc1ccc(C(C)NCC2C(C)(C)C2(C)C)cc1[N+](=O)[O-]. The van der Waals surface area contributed by atoms with Crippen LogP contribution in [0.25, 0.3) is 0 Å². The molecule has 0 aliphatic heterocycles. The highest BCUT2D eigenvalue weighted by atomic mass is 16.6. The molecule has 1 aromatic carbocycles. The number of nitrogens with zero attached hydrogens (tertiary/aromatic N) is 1. The summed E-state index contributed by atoms with van der Waals surface area (Å²) in [4.78, 5) is 10.7. The second-order valence-electron chi connectivity index (χ2n) is 7.43. The first-order valence-corrected chi connectivity index (χ1v) is 7.57. The van der Waals surface area contributed by atoms with E-state index in [0.717, 1.165) is 12.1 Å². The van der Waals surface area contributed by atoms with Gasteiger partial charge < -0.3 is 5.32 Å². The van der Waals surface area contributed by atoms with Crippen LogP contribution in [-0.2, 0) is 0 Å². The third-order valence-corrected chi connectivity index (χ3v) is 5.88. The molecule has 116 valence electrons. The summed E-state index contributed by atoms with van der Waals surface area (Å²) >= 11 is 0. The van der Waals surface area contributed by atoms with Crippen LogP contribution in [0.4, 0.5) is 5.69 Å². The summed E-state index contributed by atoms with van der Waals surface area (Å²) in [6, 6.07) is 5.62. The molecule has 4 nitrogen and oxygen atoms in total. The maximum absolute atomic E-state index is 11.0. The Labute approximate surface area is 127 Å². The van der Waals surface area contributed by atoms with Gasteiger partial charge in [-0.25, -0.2) is 0 Å². The lowest BCUT2D eigenvalue weighted by atomic mass is 10.0. The lowest BCUT2D eigenvalue weighted by Crippen LogP contribution is -2.23. The van der Waals surface area contributed by atoms with Gasteiger partial charge in [0.05, 0.1) is 4.92 Å². The smallest absolute Gasteiger partial charge is 0.272 e. The summed E-state index contributed by atoms with van der Waals surface area (Å²) in [7, 11) is 0. The molecule has 0 aromatic heterocycles. The van der Waals surface area contributed by atoms with E-state index >= 15 is 0 Å². The maximum Gasteiger partial charge on any atom is 0.272 e. The number of hydrogen-bond acceptors (Lipinski definition) is 3. The number of hydrogen-bond donors (Lipinski definition) is 1. The molecule has 0 amide bonds. The van der Waals surface area contributed by atoms with E-state index in [0.29, 0.717) is 22.3 Å². The molecule has 1 fully saturated rings. The predicted octanol–water partition coefficient (Wildman–Crippen LogP) is 4.24. The minimum atomic E-state index is -0.307. The zero-order chi connectivity index (χ0) is 16.0. The average Bonchev–Trinajstić information content (AvgIpc) is 2.77. The third kappa shape index (κ3) is 2.69. The summed E-state index contributed by atoms with van der Waals surface area (Å²) < 4.78 is 0. The fourth-order valence-electron chi connectivity index (χ4n) is 3.35. The van der Waals surface area contributed by atoms with Gasteiger partial charge in [0.25, 0.3) is 5.69 Å². The van der Waals surface area contributed by atoms with Crippen molar-refractivity contribution in [2.75, 3.05) is 6.54 Å². The maximum atomic E-state index is 11.0. The normalized spacial score (nSPS) is 21.0. The Hall–Kier alpha value is -1.42. The van der Waals surface area contributed by atoms with Crippen LogP contribution in [0.2, 0.25) is 0 Å². The van der Waals surface area contributed by atoms with E-state index in [4.69, 9.17) is 0 Å². The van der Waals surface area contributed by atoms with Gasteiger partial charge in [0.2, 0.25) is 0 Å². The average molecular weight is 290 g/mol. The lowest BCUT2D eigenvalue weighted by Gasteiger charge is -2.15. The summed E-state index contributed by atoms with van der Waals surface area (Å²) in [6.07, 6.45) is 0. The van der Waals surface area contributed by atoms with E-state index in [1.165, 1.54) is 0 Å². The fraction of sp³-hybridized carbons (Fsp3) is 0.647. The number of aryl methyl sites for hydroxylation is 1. The van der Waals surface area contributed by atoms with Crippen molar-refractivity contribution in [2.24, 2.45) is 16.7 Å². The van der Waals surface area contributed by atoms with Crippen LogP contribution in [0.1, 0.15) is 51.8 Å². The van der Waals surface area contributed by atoms with E-state index in [-0.39, 0.29) is 16.7 Å². The minimum Gasteiger partial charge on any atom is -0.310 e. The third-order valence-electron chi connectivity index (χ3n) is 5.88. The molecule has 0 heterocycles. The highest BCUT2D eigenvalue weighted by molar-refractivity contribution is 5.43. The molecule has 21 heavy (non-hydrogen) atoms. The summed E-state index contributed by atoms with van der Waals surface area (Å²) in [6.45, 7) is 14.0. The number of nitrogens with one attached hydrogen (secondary N) is 1. The molecule has 0 bridgehead atoms. The Bertz CT molecular complexity index is 550. The Morgan fingerprint density at radius 2 is 1.86 bits per heavy atom. The molecule has 1 aliphatic rings. The van der Waals surface area contributed by atoms with Gasteiger partial charge in [-0.1, -0.05) is 39.8 Å². The predicted molar refractivity (Wildman–Crippen MR) is 85.3 cm³/mol. The van der Waals surface area contributed by atoms with Crippen LogP contribution >= 0.6 is 0 Å². The first kappa shape index (κ1) is 16.0. The van der Waals surface area contributed by atoms with E-state index in [1.807, 2.05) is 12.1 Å². The summed E-state index contributed by atoms with van der Waals surface area (Å²) in [5.41, 5.74) is 2.61. The zero-order valence-electron chi connectivity index (χ0n) is 13.9. The number of nitro groups is 1. The van der Waals surface area contributed by atoms with E-state index < -0.39 is 0 Å². The highest BCUT2D eigenvalue weighted by Gasteiger charge is 2.63. The molecule has 1 aromatic rings. The van der Waals surface area contributed by atoms with Gasteiger partial charge in [-0.05, 0) is 42.7 Å².